The molecule has 0 radical (unpaired) electrons. The van der Waals surface area contributed by atoms with E-state index in [1.807, 2.05) is 13.8 Å². The molecule has 0 aliphatic rings. The molecule has 138 valence electrons. The number of hydrogen-bond acceptors (Lipinski definition) is 4. The van der Waals surface area contributed by atoms with Crippen LogP contribution in [-0.2, 0) is 4.79 Å². The van der Waals surface area contributed by atoms with Crippen LogP contribution in [0, 0.1) is 0 Å². The van der Waals surface area contributed by atoms with Crippen molar-refractivity contribution in [2.45, 2.75) is 26.3 Å². The number of anilines is 1. The lowest BCUT2D eigenvalue weighted by atomic mass is 10.2. The Kier molecular flexibility index (Phi) is 7.02. The zero-order chi connectivity index (χ0) is 18.9. The van der Waals surface area contributed by atoms with Gasteiger partial charge in [-0.15, -0.1) is 0 Å². The van der Waals surface area contributed by atoms with Gasteiger partial charge in [-0.3, -0.25) is 9.59 Å². The first-order chi connectivity index (χ1) is 12.5. The topological polar surface area (TPSA) is 76.7 Å². The number of para-hydroxylation sites is 1. The largest absolute Gasteiger partial charge is 0.496 e. The maximum atomic E-state index is 12.3. The zero-order valence-corrected chi connectivity index (χ0v) is 15.2. The van der Waals surface area contributed by atoms with Crippen LogP contribution in [0.1, 0.15) is 30.6 Å². The van der Waals surface area contributed by atoms with Gasteiger partial charge in [0.25, 0.3) is 11.8 Å². The second-order valence-electron chi connectivity index (χ2n) is 5.84. The van der Waals surface area contributed by atoms with Crippen LogP contribution >= 0.6 is 0 Å². The molecule has 1 unspecified atom stereocenters. The highest BCUT2D eigenvalue weighted by Gasteiger charge is 2.12. The lowest BCUT2D eigenvalue weighted by Gasteiger charge is -2.12. The summed E-state index contributed by atoms with van der Waals surface area (Å²) in [7, 11) is 1.52. The molecule has 0 spiro atoms. The van der Waals surface area contributed by atoms with Crippen LogP contribution in [0.5, 0.6) is 11.5 Å². The van der Waals surface area contributed by atoms with Crippen molar-refractivity contribution in [1.82, 2.24) is 5.32 Å². The fraction of sp³-hybridized carbons (Fsp3) is 0.300. The van der Waals surface area contributed by atoms with Gasteiger partial charge in [0.1, 0.15) is 11.5 Å². The number of carbonyl (C=O) groups is 2. The van der Waals surface area contributed by atoms with Gasteiger partial charge in [-0.2, -0.15) is 0 Å². The van der Waals surface area contributed by atoms with Gasteiger partial charge in [0.05, 0.1) is 12.7 Å². The summed E-state index contributed by atoms with van der Waals surface area (Å²) in [6.07, 6.45) is 0.867. The van der Waals surface area contributed by atoms with Crippen LogP contribution in [-0.4, -0.2) is 31.6 Å². The highest BCUT2D eigenvalue weighted by molar-refractivity contribution is 6.06. The fourth-order valence-electron chi connectivity index (χ4n) is 2.23. The number of amides is 2. The number of nitrogens with one attached hydrogen (secondary N) is 2. The summed E-state index contributed by atoms with van der Waals surface area (Å²) in [6.45, 7) is 3.90. The second-order valence-corrected chi connectivity index (χ2v) is 5.84. The van der Waals surface area contributed by atoms with Crippen molar-refractivity contribution in [3.63, 3.8) is 0 Å². The Labute approximate surface area is 153 Å². The van der Waals surface area contributed by atoms with Crippen molar-refractivity contribution >= 4 is 17.5 Å². The first kappa shape index (κ1) is 19.3. The summed E-state index contributed by atoms with van der Waals surface area (Å²) in [5.41, 5.74) is 1.08. The number of ether oxygens (including phenoxy) is 2. The Balaban J connectivity index is 1.91. The minimum atomic E-state index is -0.260. The SMILES string of the molecule is CCC(C)NC(=O)COc1ccc(NC(=O)c2ccccc2OC)cc1. The summed E-state index contributed by atoms with van der Waals surface area (Å²) < 4.78 is 10.6. The lowest BCUT2D eigenvalue weighted by Crippen LogP contribution is -2.35. The van der Waals surface area contributed by atoms with E-state index in [1.165, 1.54) is 7.11 Å². The third-order valence-corrected chi connectivity index (χ3v) is 3.85. The maximum Gasteiger partial charge on any atom is 0.259 e. The number of rotatable bonds is 8. The molecule has 0 aromatic heterocycles. The number of benzene rings is 2. The molecule has 2 aromatic rings. The van der Waals surface area contributed by atoms with Crippen molar-refractivity contribution in [1.29, 1.82) is 0 Å². The molecule has 0 fully saturated rings. The molecule has 0 bridgehead atoms. The zero-order valence-electron chi connectivity index (χ0n) is 15.2. The highest BCUT2D eigenvalue weighted by atomic mass is 16.5. The molecule has 0 saturated heterocycles. The highest BCUT2D eigenvalue weighted by Crippen LogP contribution is 2.20. The molecular weight excluding hydrogens is 332 g/mol. The van der Waals surface area contributed by atoms with E-state index in [-0.39, 0.29) is 24.5 Å². The predicted molar refractivity (Wildman–Crippen MR) is 101 cm³/mol. The van der Waals surface area contributed by atoms with Gasteiger partial charge in [0.2, 0.25) is 0 Å². The Morgan fingerprint density at radius 2 is 1.77 bits per heavy atom. The minimum absolute atomic E-state index is 0.0444. The van der Waals surface area contributed by atoms with Crippen LogP contribution in [0.4, 0.5) is 5.69 Å². The van der Waals surface area contributed by atoms with Crippen molar-refractivity contribution < 1.29 is 19.1 Å². The van der Waals surface area contributed by atoms with Crippen LogP contribution in [0.15, 0.2) is 48.5 Å². The van der Waals surface area contributed by atoms with Gasteiger partial charge in [0, 0.05) is 11.7 Å². The summed E-state index contributed by atoms with van der Waals surface area (Å²) >= 11 is 0. The molecular formula is C20H24N2O4. The van der Waals surface area contributed by atoms with Crippen molar-refractivity contribution in [2.75, 3.05) is 19.0 Å². The van der Waals surface area contributed by atoms with Crippen LogP contribution in [0.2, 0.25) is 0 Å². The molecule has 2 aromatic carbocycles. The third-order valence-electron chi connectivity index (χ3n) is 3.85. The van der Waals surface area contributed by atoms with E-state index < -0.39 is 0 Å². The summed E-state index contributed by atoms with van der Waals surface area (Å²) in [5, 5.41) is 5.64. The molecule has 6 heteroatoms. The van der Waals surface area contributed by atoms with Crippen molar-refractivity contribution in [2.24, 2.45) is 0 Å². The normalized spacial score (nSPS) is 11.3. The van der Waals surface area contributed by atoms with E-state index in [0.29, 0.717) is 22.7 Å². The van der Waals surface area contributed by atoms with E-state index in [1.54, 1.807) is 48.5 Å². The fourth-order valence-corrected chi connectivity index (χ4v) is 2.23. The first-order valence-electron chi connectivity index (χ1n) is 8.50. The monoisotopic (exact) mass is 356 g/mol. The van der Waals surface area contributed by atoms with Gasteiger partial charge >= 0.3 is 0 Å². The van der Waals surface area contributed by atoms with Gasteiger partial charge in [-0.1, -0.05) is 19.1 Å². The van der Waals surface area contributed by atoms with E-state index in [0.717, 1.165) is 6.42 Å². The molecule has 0 saturated carbocycles. The van der Waals surface area contributed by atoms with Crippen molar-refractivity contribution in [3.8, 4) is 11.5 Å². The molecule has 26 heavy (non-hydrogen) atoms. The molecule has 0 heterocycles. The molecule has 0 aliphatic carbocycles. The van der Waals surface area contributed by atoms with Gasteiger partial charge < -0.3 is 20.1 Å². The Bertz CT molecular complexity index is 744. The summed E-state index contributed by atoms with van der Waals surface area (Å²) in [5.74, 6) is 0.647. The maximum absolute atomic E-state index is 12.3. The third kappa shape index (κ3) is 5.51. The Morgan fingerprint density at radius 1 is 1.08 bits per heavy atom. The van der Waals surface area contributed by atoms with Crippen LogP contribution in [0.3, 0.4) is 0 Å². The standard InChI is InChI=1S/C20H24N2O4/c1-4-14(2)21-19(23)13-26-16-11-9-15(10-12-16)22-20(24)17-7-5-6-8-18(17)25-3/h5-12,14H,4,13H2,1-3H3,(H,21,23)(H,22,24). The summed E-state index contributed by atoms with van der Waals surface area (Å²) in [6, 6.07) is 14.0. The van der Waals surface area contributed by atoms with Crippen molar-refractivity contribution in [3.05, 3.63) is 54.1 Å². The van der Waals surface area contributed by atoms with E-state index in [4.69, 9.17) is 9.47 Å². The smallest absolute Gasteiger partial charge is 0.259 e. The first-order valence-corrected chi connectivity index (χ1v) is 8.50. The lowest BCUT2D eigenvalue weighted by molar-refractivity contribution is -0.123. The van der Waals surface area contributed by atoms with Gasteiger partial charge in [-0.25, -0.2) is 0 Å². The molecule has 2 rings (SSSR count). The van der Waals surface area contributed by atoms with Gasteiger partial charge in [0.15, 0.2) is 6.61 Å². The van der Waals surface area contributed by atoms with E-state index in [9.17, 15) is 9.59 Å². The number of hydrogen-bond donors (Lipinski definition) is 2. The molecule has 1 atom stereocenters. The van der Waals surface area contributed by atoms with Gasteiger partial charge in [-0.05, 0) is 49.7 Å². The number of carbonyl (C=O) groups excluding carboxylic acids is 2. The number of methoxy groups -OCH3 is 1. The Hall–Kier alpha value is -3.02. The molecule has 0 aliphatic heterocycles. The predicted octanol–water partition coefficient (Wildman–Crippen LogP) is 3.24. The average molecular weight is 356 g/mol. The molecule has 2 amide bonds. The quantitative estimate of drug-likeness (QED) is 0.761. The molecule has 2 N–H and O–H groups in total. The van der Waals surface area contributed by atoms with Crippen LogP contribution in [0.25, 0.3) is 0 Å². The minimum Gasteiger partial charge on any atom is -0.496 e. The average Bonchev–Trinajstić information content (AvgIpc) is 2.67. The van der Waals surface area contributed by atoms with E-state index in [2.05, 4.69) is 10.6 Å². The van der Waals surface area contributed by atoms with Crippen LogP contribution < -0.4 is 20.1 Å². The molecule has 6 nitrogen and oxygen atoms in total. The second kappa shape index (κ2) is 9.46. The van der Waals surface area contributed by atoms with E-state index >= 15 is 0 Å². The summed E-state index contributed by atoms with van der Waals surface area (Å²) in [4.78, 5) is 24.1. The Morgan fingerprint density at radius 3 is 2.42 bits per heavy atom.